The summed E-state index contributed by atoms with van der Waals surface area (Å²) in [6, 6.07) is 4.08. The number of benzene rings is 1. The molecule has 0 spiro atoms. The second-order valence-corrected chi connectivity index (χ2v) is 8.90. The highest BCUT2D eigenvalue weighted by molar-refractivity contribution is 7.09. The van der Waals surface area contributed by atoms with Crippen LogP contribution in [0.2, 0.25) is 0 Å². The van der Waals surface area contributed by atoms with Crippen LogP contribution in [0.25, 0.3) is 0 Å². The van der Waals surface area contributed by atoms with Crippen molar-refractivity contribution < 1.29 is 23.9 Å². The molecule has 0 saturated heterocycles. The first-order chi connectivity index (χ1) is 16.2. The SMILES string of the molecule is CCC[C@@H](C(=O)NCCC(C)C)N(C(=O)c1snc(C(N)=O)c1N)c1ccc(OC)cc1OC. The first kappa shape index (κ1) is 26.9. The van der Waals surface area contributed by atoms with Gasteiger partial charge in [0.15, 0.2) is 5.69 Å². The van der Waals surface area contributed by atoms with Crippen LogP contribution in [0.1, 0.15) is 60.2 Å². The maximum absolute atomic E-state index is 13.8. The molecule has 34 heavy (non-hydrogen) atoms. The minimum Gasteiger partial charge on any atom is -0.497 e. The summed E-state index contributed by atoms with van der Waals surface area (Å²) >= 11 is 0.761. The Morgan fingerprint density at radius 2 is 1.88 bits per heavy atom. The van der Waals surface area contributed by atoms with Crippen LogP contribution in [-0.4, -0.2) is 48.9 Å². The lowest BCUT2D eigenvalue weighted by atomic mass is 10.1. The zero-order valence-corrected chi connectivity index (χ0v) is 21.0. The van der Waals surface area contributed by atoms with E-state index >= 15 is 0 Å². The summed E-state index contributed by atoms with van der Waals surface area (Å²) in [7, 11) is 2.98. The fraction of sp³-hybridized carbons (Fsp3) is 0.478. The van der Waals surface area contributed by atoms with Gasteiger partial charge in [0.25, 0.3) is 11.8 Å². The van der Waals surface area contributed by atoms with Crippen molar-refractivity contribution in [1.82, 2.24) is 9.69 Å². The zero-order valence-electron chi connectivity index (χ0n) is 20.2. The Labute approximate surface area is 203 Å². The van der Waals surface area contributed by atoms with Crippen molar-refractivity contribution in [3.05, 3.63) is 28.8 Å². The monoisotopic (exact) mass is 491 g/mol. The van der Waals surface area contributed by atoms with E-state index in [1.165, 1.54) is 19.1 Å². The van der Waals surface area contributed by atoms with Gasteiger partial charge in [-0.25, -0.2) is 0 Å². The number of hydrogen-bond acceptors (Lipinski definition) is 8. The van der Waals surface area contributed by atoms with Gasteiger partial charge >= 0.3 is 0 Å². The number of nitrogens with two attached hydrogens (primary N) is 2. The van der Waals surface area contributed by atoms with Crippen molar-refractivity contribution in [2.75, 3.05) is 31.4 Å². The zero-order chi connectivity index (χ0) is 25.4. The first-order valence-corrected chi connectivity index (χ1v) is 11.8. The third-order valence-electron chi connectivity index (χ3n) is 5.22. The molecule has 1 aromatic heterocycles. The predicted octanol–water partition coefficient (Wildman–Crippen LogP) is 2.82. The molecule has 0 fully saturated rings. The van der Waals surface area contributed by atoms with Crippen LogP contribution >= 0.6 is 11.5 Å². The lowest BCUT2D eigenvalue weighted by Crippen LogP contribution is -2.50. The number of amides is 3. The maximum Gasteiger partial charge on any atom is 0.272 e. The van der Waals surface area contributed by atoms with Crippen molar-refractivity contribution in [1.29, 1.82) is 0 Å². The number of aromatic nitrogens is 1. The molecule has 3 amide bonds. The van der Waals surface area contributed by atoms with Crippen LogP contribution < -0.4 is 31.2 Å². The molecule has 1 aromatic carbocycles. The van der Waals surface area contributed by atoms with Crippen LogP contribution in [0.4, 0.5) is 11.4 Å². The second kappa shape index (κ2) is 12.2. The Balaban J connectivity index is 2.61. The lowest BCUT2D eigenvalue weighted by Gasteiger charge is -2.32. The van der Waals surface area contributed by atoms with Gasteiger partial charge in [-0.3, -0.25) is 19.3 Å². The number of anilines is 2. The smallest absolute Gasteiger partial charge is 0.272 e. The summed E-state index contributed by atoms with van der Waals surface area (Å²) in [5, 5.41) is 2.94. The first-order valence-electron chi connectivity index (χ1n) is 11.0. The second-order valence-electron chi connectivity index (χ2n) is 8.13. The third-order valence-corrected chi connectivity index (χ3v) is 6.07. The van der Waals surface area contributed by atoms with Crippen molar-refractivity contribution in [2.45, 2.75) is 46.1 Å². The summed E-state index contributed by atoms with van der Waals surface area (Å²) in [5.41, 5.74) is 11.4. The Morgan fingerprint density at radius 3 is 2.41 bits per heavy atom. The van der Waals surface area contributed by atoms with Crippen LogP contribution in [0.5, 0.6) is 11.5 Å². The molecule has 10 nitrogen and oxygen atoms in total. The number of nitrogens with one attached hydrogen (secondary N) is 1. The van der Waals surface area contributed by atoms with E-state index in [4.69, 9.17) is 20.9 Å². The molecule has 0 aliphatic heterocycles. The number of ether oxygens (including phenoxy) is 2. The number of primary amides is 1. The number of carbonyl (C=O) groups is 3. The van der Waals surface area contributed by atoms with Gasteiger partial charge in [0.05, 0.1) is 25.6 Å². The van der Waals surface area contributed by atoms with Crippen LogP contribution in [0, 0.1) is 5.92 Å². The minimum absolute atomic E-state index is 0.0164. The molecule has 5 N–H and O–H groups in total. The summed E-state index contributed by atoms with van der Waals surface area (Å²) < 4.78 is 14.7. The molecule has 0 saturated carbocycles. The normalized spacial score (nSPS) is 11.7. The molecular formula is C23H33N5O5S. The molecule has 0 radical (unpaired) electrons. The Kier molecular flexibility index (Phi) is 9.67. The summed E-state index contributed by atoms with van der Waals surface area (Å²) in [6.45, 7) is 6.54. The molecule has 186 valence electrons. The molecule has 2 aromatic rings. The Hall–Kier alpha value is -3.34. The Morgan fingerprint density at radius 1 is 1.18 bits per heavy atom. The molecule has 1 atom stereocenters. The van der Waals surface area contributed by atoms with Crippen molar-refractivity contribution in [3.63, 3.8) is 0 Å². The number of methoxy groups -OCH3 is 2. The van der Waals surface area contributed by atoms with Gasteiger partial charge in [-0.2, -0.15) is 4.37 Å². The van der Waals surface area contributed by atoms with Crippen molar-refractivity contribution in [3.8, 4) is 11.5 Å². The fourth-order valence-electron chi connectivity index (χ4n) is 3.39. The minimum atomic E-state index is -0.856. The topological polar surface area (TPSA) is 150 Å². The molecule has 0 unspecified atom stereocenters. The van der Waals surface area contributed by atoms with Gasteiger partial charge in [0.1, 0.15) is 22.4 Å². The number of rotatable bonds is 12. The summed E-state index contributed by atoms with van der Waals surface area (Å²) in [4.78, 5) is 40.1. The van der Waals surface area contributed by atoms with E-state index < -0.39 is 17.9 Å². The lowest BCUT2D eigenvalue weighted by molar-refractivity contribution is -0.122. The molecular weight excluding hydrogens is 458 g/mol. The maximum atomic E-state index is 13.8. The van der Waals surface area contributed by atoms with E-state index in [0.29, 0.717) is 42.5 Å². The van der Waals surface area contributed by atoms with E-state index in [9.17, 15) is 14.4 Å². The van der Waals surface area contributed by atoms with Gasteiger partial charge in [-0.05, 0) is 42.4 Å². The van der Waals surface area contributed by atoms with Crippen molar-refractivity contribution >= 4 is 40.6 Å². The van der Waals surface area contributed by atoms with Crippen LogP contribution in [0.3, 0.4) is 0 Å². The van der Waals surface area contributed by atoms with E-state index in [1.807, 2.05) is 6.92 Å². The number of nitrogen functional groups attached to an aromatic ring is 1. The Bertz CT molecular complexity index is 1020. The molecule has 0 aliphatic rings. The molecule has 2 rings (SSSR count). The predicted molar refractivity (Wildman–Crippen MR) is 133 cm³/mol. The van der Waals surface area contributed by atoms with E-state index in [1.54, 1.807) is 18.2 Å². The van der Waals surface area contributed by atoms with Crippen molar-refractivity contribution in [2.24, 2.45) is 11.7 Å². The van der Waals surface area contributed by atoms with Gasteiger partial charge in [0, 0.05) is 12.6 Å². The molecule has 0 aliphatic carbocycles. The summed E-state index contributed by atoms with van der Waals surface area (Å²) in [5.74, 6) is -0.446. The highest BCUT2D eigenvalue weighted by atomic mass is 32.1. The van der Waals surface area contributed by atoms with Crippen LogP contribution in [-0.2, 0) is 4.79 Å². The summed E-state index contributed by atoms with van der Waals surface area (Å²) in [6.07, 6.45) is 1.82. The number of hydrogen-bond donors (Lipinski definition) is 3. The largest absolute Gasteiger partial charge is 0.497 e. The van der Waals surface area contributed by atoms with Gasteiger partial charge in [-0.15, -0.1) is 0 Å². The number of carbonyl (C=O) groups excluding carboxylic acids is 3. The van der Waals surface area contributed by atoms with Crippen LogP contribution in [0.15, 0.2) is 18.2 Å². The quantitative estimate of drug-likeness (QED) is 0.413. The highest BCUT2D eigenvalue weighted by Crippen LogP contribution is 2.36. The molecule has 11 heteroatoms. The average Bonchev–Trinajstić information content (AvgIpc) is 3.19. The van der Waals surface area contributed by atoms with Gasteiger partial charge in [0.2, 0.25) is 5.91 Å². The third kappa shape index (κ3) is 6.16. The van der Waals surface area contributed by atoms with E-state index in [0.717, 1.165) is 18.0 Å². The molecule has 1 heterocycles. The highest BCUT2D eigenvalue weighted by Gasteiger charge is 2.35. The standard InChI is InChI=1S/C23H33N5O5S/c1-6-7-16(22(30)26-11-10-13(2)3)28(15-9-8-14(32-4)12-17(15)33-5)23(31)20-18(24)19(21(25)29)27-34-20/h8-9,12-13,16H,6-7,10-11,24H2,1-5H3,(H2,25,29)(H,26,30)/t16-/m0/s1. The molecule has 0 bridgehead atoms. The fourth-order valence-corrected chi connectivity index (χ4v) is 4.14. The average molecular weight is 492 g/mol. The van der Waals surface area contributed by atoms with Gasteiger partial charge in [-0.1, -0.05) is 27.2 Å². The number of nitrogens with zero attached hydrogens (tertiary/aromatic N) is 2. The van der Waals surface area contributed by atoms with E-state index in [2.05, 4.69) is 23.5 Å². The van der Waals surface area contributed by atoms with Gasteiger partial charge < -0.3 is 26.3 Å². The van der Waals surface area contributed by atoms with E-state index in [-0.39, 0.29) is 22.2 Å².